The summed E-state index contributed by atoms with van der Waals surface area (Å²) in [6.45, 7) is 7.63. The smallest absolute Gasteiger partial charge is 0.238 e. The second-order valence-corrected chi connectivity index (χ2v) is 4.24. The zero-order chi connectivity index (χ0) is 13.4. The van der Waals surface area contributed by atoms with Crippen LogP contribution in [0.4, 0.5) is 5.69 Å². The molecule has 18 heavy (non-hydrogen) atoms. The summed E-state index contributed by atoms with van der Waals surface area (Å²) in [5, 5.41) is 5.71. The molecule has 0 radical (unpaired) electrons. The molecule has 0 bridgehead atoms. The number of hydrogen-bond acceptors (Lipinski definition) is 3. The molecule has 0 aliphatic rings. The van der Waals surface area contributed by atoms with Crippen LogP contribution in [0.3, 0.4) is 0 Å². The second-order valence-electron chi connectivity index (χ2n) is 4.24. The van der Waals surface area contributed by atoms with Crippen LogP contribution in [0, 0.1) is 0 Å². The number of likely N-dealkylation sites (N-methyl/N-ethyl adjacent to an activating group) is 1. The Bertz CT molecular complexity index is 375. The maximum Gasteiger partial charge on any atom is 0.238 e. The minimum Gasteiger partial charge on any atom is -0.325 e. The quantitative estimate of drug-likeness (QED) is 0.773. The van der Waals surface area contributed by atoms with Crippen molar-refractivity contribution < 1.29 is 4.79 Å². The standard InChI is InChI=1S/C14H23N3O/c1-4-17(5-2)11-12-7-6-8-13(9-12)16-14(18)10-15-3/h6-9,15H,4-5,10-11H2,1-3H3,(H,16,18). The van der Waals surface area contributed by atoms with Gasteiger partial charge in [0.15, 0.2) is 0 Å². The molecule has 0 heterocycles. The molecular formula is C14H23N3O. The van der Waals surface area contributed by atoms with Crippen LogP contribution < -0.4 is 10.6 Å². The van der Waals surface area contributed by atoms with Gasteiger partial charge in [-0.1, -0.05) is 26.0 Å². The van der Waals surface area contributed by atoms with Gasteiger partial charge < -0.3 is 10.6 Å². The van der Waals surface area contributed by atoms with Crippen LogP contribution in [0.25, 0.3) is 0 Å². The van der Waals surface area contributed by atoms with E-state index in [4.69, 9.17) is 0 Å². The van der Waals surface area contributed by atoms with E-state index in [-0.39, 0.29) is 5.91 Å². The summed E-state index contributed by atoms with van der Waals surface area (Å²) < 4.78 is 0. The van der Waals surface area contributed by atoms with Crippen molar-refractivity contribution in [3.8, 4) is 0 Å². The van der Waals surface area contributed by atoms with Gasteiger partial charge >= 0.3 is 0 Å². The van der Waals surface area contributed by atoms with E-state index >= 15 is 0 Å². The highest BCUT2D eigenvalue weighted by molar-refractivity contribution is 5.92. The lowest BCUT2D eigenvalue weighted by atomic mass is 10.2. The fourth-order valence-corrected chi connectivity index (χ4v) is 1.82. The first-order valence-corrected chi connectivity index (χ1v) is 6.45. The Morgan fingerprint density at radius 1 is 1.28 bits per heavy atom. The molecule has 0 fully saturated rings. The van der Waals surface area contributed by atoms with Gasteiger partial charge in [0.05, 0.1) is 6.54 Å². The van der Waals surface area contributed by atoms with Gasteiger partial charge in [-0.15, -0.1) is 0 Å². The van der Waals surface area contributed by atoms with E-state index in [1.807, 2.05) is 18.2 Å². The number of hydrogen-bond donors (Lipinski definition) is 2. The number of carbonyl (C=O) groups excluding carboxylic acids is 1. The molecular weight excluding hydrogens is 226 g/mol. The molecule has 0 aromatic heterocycles. The highest BCUT2D eigenvalue weighted by atomic mass is 16.1. The summed E-state index contributed by atoms with van der Waals surface area (Å²) in [5.41, 5.74) is 2.08. The Kier molecular flexibility index (Phi) is 6.39. The zero-order valence-corrected chi connectivity index (χ0v) is 11.5. The van der Waals surface area contributed by atoms with Gasteiger partial charge in [0.25, 0.3) is 0 Å². The molecule has 4 nitrogen and oxygen atoms in total. The third-order valence-electron chi connectivity index (χ3n) is 2.85. The third kappa shape index (κ3) is 4.85. The highest BCUT2D eigenvalue weighted by Crippen LogP contribution is 2.12. The van der Waals surface area contributed by atoms with Gasteiger partial charge in [-0.05, 0) is 37.8 Å². The molecule has 1 amide bonds. The predicted molar refractivity (Wildman–Crippen MR) is 75.6 cm³/mol. The fraction of sp³-hybridized carbons (Fsp3) is 0.500. The van der Waals surface area contributed by atoms with Crippen molar-refractivity contribution in [2.24, 2.45) is 0 Å². The van der Waals surface area contributed by atoms with E-state index in [0.717, 1.165) is 25.3 Å². The second kappa shape index (κ2) is 7.84. The van der Waals surface area contributed by atoms with Crippen LogP contribution in [0.15, 0.2) is 24.3 Å². The lowest BCUT2D eigenvalue weighted by Crippen LogP contribution is -2.25. The van der Waals surface area contributed by atoms with Crippen LogP contribution in [0.5, 0.6) is 0 Å². The Morgan fingerprint density at radius 3 is 2.61 bits per heavy atom. The molecule has 0 spiro atoms. The summed E-state index contributed by atoms with van der Waals surface area (Å²) in [6.07, 6.45) is 0. The van der Waals surface area contributed by atoms with Crippen molar-refractivity contribution in [2.75, 3.05) is 32.0 Å². The first-order valence-electron chi connectivity index (χ1n) is 6.45. The first kappa shape index (κ1) is 14.7. The third-order valence-corrected chi connectivity index (χ3v) is 2.85. The van der Waals surface area contributed by atoms with E-state index in [1.54, 1.807) is 7.05 Å². The summed E-state index contributed by atoms with van der Waals surface area (Å²) >= 11 is 0. The number of rotatable bonds is 7. The fourth-order valence-electron chi connectivity index (χ4n) is 1.82. The van der Waals surface area contributed by atoms with E-state index in [2.05, 4.69) is 35.4 Å². The van der Waals surface area contributed by atoms with Crippen LogP contribution in [-0.4, -0.2) is 37.5 Å². The van der Waals surface area contributed by atoms with Crippen LogP contribution >= 0.6 is 0 Å². The number of nitrogens with zero attached hydrogens (tertiary/aromatic N) is 1. The molecule has 2 N–H and O–H groups in total. The maximum atomic E-state index is 11.5. The van der Waals surface area contributed by atoms with E-state index in [1.165, 1.54) is 5.56 Å². The molecule has 1 aromatic carbocycles. The van der Waals surface area contributed by atoms with Gasteiger partial charge in [0.1, 0.15) is 0 Å². The number of nitrogens with one attached hydrogen (secondary N) is 2. The SMILES string of the molecule is CCN(CC)Cc1cccc(NC(=O)CNC)c1. The Balaban J connectivity index is 2.64. The average molecular weight is 249 g/mol. The monoisotopic (exact) mass is 249 g/mol. The van der Waals surface area contributed by atoms with Crippen molar-refractivity contribution in [3.63, 3.8) is 0 Å². The molecule has 0 aliphatic heterocycles. The molecule has 0 saturated heterocycles. The van der Waals surface area contributed by atoms with Crippen LogP contribution in [0.1, 0.15) is 19.4 Å². The zero-order valence-electron chi connectivity index (χ0n) is 11.5. The van der Waals surface area contributed by atoms with Crippen molar-refractivity contribution >= 4 is 11.6 Å². The molecule has 1 aromatic rings. The normalized spacial score (nSPS) is 10.7. The molecule has 0 saturated carbocycles. The Labute approximate surface area is 109 Å². The number of anilines is 1. The average Bonchev–Trinajstić information content (AvgIpc) is 2.36. The van der Waals surface area contributed by atoms with Crippen molar-refractivity contribution in [1.29, 1.82) is 0 Å². The van der Waals surface area contributed by atoms with Gasteiger partial charge in [0, 0.05) is 12.2 Å². The molecule has 4 heteroatoms. The number of carbonyl (C=O) groups is 1. The lowest BCUT2D eigenvalue weighted by molar-refractivity contribution is -0.115. The summed E-state index contributed by atoms with van der Waals surface area (Å²) in [4.78, 5) is 13.8. The molecule has 0 aliphatic carbocycles. The number of amides is 1. The lowest BCUT2D eigenvalue weighted by Gasteiger charge is -2.18. The van der Waals surface area contributed by atoms with Crippen molar-refractivity contribution in [1.82, 2.24) is 10.2 Å². The van der Waals surface area contributed by atoms with Gasteiger partial charge in [0.2, 0.25) is 5.91 Å². The Morgan fingerprint density at radius 2 is 2.00 bits per heavy atom. The van der Waals surface area contributed by atoms with Gasteiger partial charge in [-0.25, -0.2) is 0 Å². The molecule has 0 atom stereocenters. The topological polar surface area (TPSA) is 44.4 Å². The van der Waals surface area contributed by atoms with E-state index in [0.29, 0.717) is 6.54 Å². The predicted octanol–water partition coefficient (Wildman–Crippen LogP) is 1.69. The summed E-state index contributed by atoms with van der Waals surface area (Å²) in [5.74, 6) is -0.0162. The van der Waals surface area contributed by atoms with Gasteiger partial charge in [-0.3, -0.25) is 9.69 Å². The molecule has 100 valence electrons. The largest absolute Gasteiger partial charge is 0.325 e. The van der Waals surface area contributed by atoms with Crippen LogP contribution in [-0.2, 0) is 11.3 Å². The minimum absolute atomic E-state index is 0.0162. The number of benzene rings is 1. The Hall–Kier alpha value is -1.39. The summed E-state index contributed by atoms with van der Waals surface area (Å²) in [6, 6.07) is 8.02. The van der Waals surface area contributed by atoms with Gasteiger partial charge in [-0.2, -0.15) is 0 Å². The summed E-state index contributed by atoms with van der Waals surface area (Å²) in [7, 11) is 1.76. The van der Waals surface area contributed by atoms with E-state index < -0.39 is 0 Å². The van der Waals surface area contributed by atoms with E-state index in [9.17, 15) is 4.79 Å². The molecule has 0 unspecified atom stereocenters. The van der Waals surface area contributed by atoms with Crippen molar-refractivity contribution in [3.05, 3.63) is 29.8 Å². The highest BCUT2D eigenvalue weighted by Gasteiger charge is 2.04. The molecule has 1 rings (SSSR count). The first-order chi connectivity index (χ1) is 8.69. The van der Waals surface area contributed by atoms with Crippen LogP contribution in [0.2, 0.25) is 0 Å². The van der Waals surface area contributed by atoms with Crippen molar-refractivity contribution in [2.45, 2.75) is 20.4 Å². The minimum atomic E-state index is -0.0162. The maximum absolute atomic E-state index is 11.5.